The fourth-order valence-electron chi connectivity index (χ4n) is 2.00. The smallest absolute Gasteiger partial charge is 0.125 e. The van der Waals surface area contributed by atoms with Gasteiger partial charge >= 0.3 is 0 Å². The van der Waals surface area contributed by atoms with Gasteiger partial charge in [0.1, 0.15) is 17.1 Å². The molecule has 0 fully saturated rings. The van der Waals surface area contributed by atoms with E-state index in [1.54, 1.807) is 44.4 Å². The second-order valence-corrected chi connectivity index (χ2v) is 4.90. The monoisotopic (exact) mass is 278 g/mol. The molecule has 19 heavy (non-hydrogen) atoms. The first-order valence-electron chi connectivity index (χ1n) is 5.81. The molecule has 0 spiro atoms. The Balaban J connectivity index is 2.55. The van der Waals surface area contributed by atoms with Crippen LogP contribution in [-0.4, -0.2) is 17.3 Å². The number of aromatic hydroxyl groups is 1. The molecule has 0 radical (unpaired) electrons. The molecule has 0 saturated carbocycles. The number of phenolic OH excluding ortho intramolecular Hbond substituents is 1. The zero-order valence-corrected chi connectivity index (χ0v) is 11.5. The van der Waals surface area contributed by atoms with Crippen LogP contribution in [0.2, 0.25) is 5.02 Å². The largest absolute Gasteiger partial charge is 0.508 e. The minimum Gasteiger partial charge on any atom is -0.508 e. The Morgan fingerprint density at radius 2 is 1.74 bits per heavy atom. The molecular formula is C15H15ClO3. The van der Waals surface area contributed by atoms with Crippen LogP contribution in [0.15, 0.2) is 42.5 Å². The maximum atomic E-state index is 10.8. The quantitative estimate of drug-likeness (QED) is 0.906. The van der Waals surface area contributed by atoms with E-state index in [1.165, 1.54) is 12.1 Å². The topological polar surface area (TPSA) is 49.7 Å². The van der Waals surface area contributed by atoms with Gasteiger partial charge < -0.3 is 14.9 Å². The summed E-state index contributed by atoms with van der Waals surface area (Å²) in [5, 5.41) is 20.6. The minimum absolute atomic E-state index is 0.151. The van der Waals surface area contributed by atoms with Gasteiger partial charge in [-0.05, 0) is 42.8 Å². The van der Waals surface area contributed by atoms with Crippen LogP contribution in [0.5, 0.6) is 11.5 Å². The zero-order valence-electron chi connectivity index (χ0n) is 10.7. The summed E-state index contributed by atoms with van der Waals surface area (Å²) >= 11 is 5.99. The van der Waals surface area contributed by atoms with E-state index in [-0.39, 0.29) is 5.75 Å². The lowest BCUT2D eigenvalue weighted by Crippen LogP contribution is -2.23. The van der Waals surface area contributed by atoms with Gasteiger partial charge in [-0.15, -0.1) is 0 Å². The number of halogens is 1. The van der Waals surface area contributed by atoms with Gasteiger partial charge in [0, 0.05) is 10.6 Å². The third-order valence-electron chi connectivity index (χ3n) is 3.12. The van der Waals surface area contributed by atoms with Crippen molar-refractivity contribution < 1.29 is 14.9 Å². The fraction of sp³-hybridized carbons (Fsp3) is 0.200. The first-order valence-corrected chi connectivity index (χ1v) is 6.19. The third kappa shape index (κ3) is 2.67. The van der Waals surface area contributed by atoms with Gasteiger partial charge in [-0.2, -0.15) is 0 Å². The maximum Gasteiger partial charge on any atom is 0.125 e. The Bertz CT molecular complexity index is 576. The number of hydrogen-bond donors (Lipinski definition) is 2. The van der Waals surface area contributed by atoms with E-state index >= 15 is 0 Å². The van der Waals surface area contributed by atoms with Gasteiger partial charge in [0.05, 0.1) is 7.11 Å². The normalized spacial score (nSPS) is 13.9. The average Bonchev–Trinajstić information content (AvgIpc) is 2.39. The summed E-state index contributed by atoms with van der Waals surface area (Å²) in [6.45, 7) is 1.66. The first-order chi connectivity index (χ1) is 8.95. The van der Waals surface area contributed by atoms with Crippen LogP contribution in [0.4, 0.5) is 0 Å². The molecule has 0 aromatic heterocycles. The predicted molar refractivity (Wildman–Crippen MR) is 74.8 cm³/mol. The molecular weight excluding hydrogens is 264 g/mol. The molecule has 1 unspecified atom stereocenters. The Hall–Kier alpha value is -1.71. The molecule has 0 aliphatic carbocycles. The third-order valence-corrected chi connectivity index (χ3v) is 3.35. The molecule has 2 N–H and O–H groups in total. The Labute approximate surface area is 117 Å². The summed E-state index contributed by atoms with van der Waals surface area (Å²) < 4.78 is 5.26. The second kappa shape index (κ2) is 5.11. The van der Waals surface area contributed by atoms with Crippen molar-refractivity contribution in [2.45, 2.75) is 12.5 Å². The molecule has 0 aliphatic heterocycles. The molecule has 100 valence electrons. The first kappa shape index (κ1) is 13.7. The average molecular weight is 279 g/mol. The van der Waals surface area contributed by atoms with E-state index < -0.39 is 5.60 Å². The van der Waals surface area contributed by atoms with Gasteiger partial charge in [-0.25, -0.2) is 0 Å². The van der Waals surface area contributed by atoms with Crippen molar-refractivity contribution in [3.8, 4) is 11.5 Å². The molecule has 0 aliphatic rings. The molecule has 2 aromatic rings. The molecule has 0 bridgehead atoms. The van der Waals surface area contributed by atoms with Gasteiger partial charge in [0.25, 0.3) is 0 Å². The molecule has 3 nitrogen and oxygen atoms in total. The van der Waals surface area contributed by atoms with Crippen molar-refractivity contribution in [3.63, 3.8) is 0 Å². The van der Waals surface area contributed by atoms with Crippen molar-refractivity contribution in [3.05, 3.63) is 58.6 Å². The SMILES string of the molecule is COc1ccc(Cl)cc1C(C)(O)c1ccc(O)cc1. The zero-order chi connectivity index (χ0) is 14.0. The number of rotatable bonds is 3. The van der Waals surface area contributed by atoms with Crippen LogP contribution >= 0.6 is 11.6 Å². The molecule has 0 amide bonds. The number of benzene rings is 2. The molecule has 2 aromatic carbocycles. The Morgan fingerprint density at radius 1 is 1.11 bits per heavy atom. The van der Waals surface area contributed by atoms with Gasteiger partial charge in [0.15, 0.2) is 0 Å². The van der Waals surface area contributed by atoms with Crippen molar-refractivity contribution in [2.24, 2.45) is 0 Å². The minimum atomic E-state index is -1.26. The predicted octanol–water partition coefficient (Wildman–Crippen LogP) is 3.31. The lowest BCUT2D eigenvalue weighted by atomic mass is 9.87. The molecule has 4 heteroatoms. The number of phenols is 1. The van der Waals surface area contributed by atoms with E-state index in [0.29, 0.717) is 21.9 Å². The lowest BCUT2D eigenvalue weighted by molar-refractivity contribution is 0.0989. The summed E-state index contributed by atoms with van der Waals surface area (Å²) in [6.07, 6.45) is 0. The highest BCUT2D eigenvalue weighted by atomic mass is 35.5. The highest BCUT2D eigenvalue weighted by molar-refractivity contribution is 6.30. The highest BCUT2D eigenvalue weighted by Crippen LogP contribution is 2.37. The number of methoxy groups -OCH3 is 1. The summed E-state index contributed by atoms with van der Waals surface area (Å²) in [4.78, 5) is 0. The Kier molecular flexibility index (Phi) is 3.69. The van der Waals surface area contributed by atoms with E-state index in [9.17, 15) is 10.2 Å². The second-order valence-electron chi connectivity index (χ2n) is 4.46. The molecule has 0 saturated heterocycles. The van der Waals surface area contributed by atoms with Crippen molar-refractivity contribution in [1.29, 1.82) is 0 Å². The van der Waals surface area contributed by atoms with Crippen LogP contribution < -0.4 is 4.74 Å². The van der Waals surface area contributed by atoms with E-state index in [1.807, 2.05) is 0 Å². The van der Waals surface area contributed by atoms with Crippen molar-refractivity contribution in [1.82, 2.24) is 0 Å². The summed E-state index contributed by atoms with van der Waals surface area (Å²) in [7, 11) is 1.54. The Morgan fingerprint density at radius 3 is 2.32 bits per heavy atom. The molecule has 2 rings (SSSR count). The molecule has 1 atom stereocenters. The van der Waals surface area contributed by atoms with Crippen LogP contribution in [-0.2, 0) is 5.60 Å². The van der Waals surface area contributed by atoms with Crippen LogP contribution in [0, 0.1) is 0 Å². The number of aliphatic hydroxyl groups is 1. The standard InChI is InChI=1S/C15H15ClO3/c1-15(18,10-3-6-12(17)7-4-10)13-9-11(16)5-8-14(13)19-2/h3-9,17-18H,1-2H3. The molecule has 0 heterocycles. The van der Waals surface area contributed by atoms with Crippen molar-refractivity contribution in [2.75, 3.05) is 7.11 Å². The van der Waals surface area contributed by atoms with Gasteiger partial charge in [0.2, 0.25) is 0 Å². The van der Waals surface area contributed by atoms with Gasteiger partial charge in [-0.1, -0.05) is 23.7 Å². The highest BCUT2D eigenvalue weighted by Gasteiger charge is 2.29. The maximum absolute atomic E-state index is 10.8. The van der Waals surface area contributed by atoms with Crippen LogP contribution in [0.25, 0.3) is 0 Å². The van der Waals surface area contributed by atoms with Gasteiger partial charge in [-0.3, -0.25) is 0 Å². The lowest BCUT2D eigenvalue weighted by Gasteiger charge is -2.26. The van der Waals surface area contributed by atoms with Crippen LogP contribution in [0.1, 0.15) is 18.1 Å². The summed E-state index contributed by atoms with van der Waals surface area (Å²) in [5.41, 5.74) is -0.0386. The summed E-state index contributed by atoms with van der Waals surface area (Å²) in [6, 6.07) is 11.5. The summed E-state index contributed by atoms with van der Waals surface area (Å²) in [5.74, 6) is 0.708. The van der Waals surface area contributed by atoms with E-state index in [4.69, 9.17) is 16.3 Å². The fourth-order valence-corrected chi connectivity index (χ4v) is 2.17. The van der Waals surface area contributed by atoms with Crippen LogP contribution in [0.3, 0.4) is 0 Å². The van der Waals surface area contributed by atoms with Crippen molar-refractivity contribution >= 4 is 11.6 Å². The van der Waals surface area contributed by atoms with E-state index in [2.05, 4.69) is 0 Å². The van der Waals surface area contributed by atoms with E-state index in [0.717, 1.165) is 0 Å². The number of hydrogen-bond acceptors (Lipinski definition) is 3. The number of ether oxygens (including phenoxy) is 1.